The third-order valence-corrected chi connectivity index (χ3v) is 6.46. The molecule has 0 unspecified atom stereocenters. The fourth-order valence-corrected chi connectivity index (χ4v) is 4.68. The molecule has 8 nitrogen and oxygen atoms in total. The van der Waals surface area contributed by atoms with Crippen LogP contribution in [-0.4, -0.2) is 63.4 Å². The molecule has 1 saturated carbocycles. The van der Waals surface area contributed by atoms with Crippen LogP contribution in [0.15, 0.2) is 0 Å². The largest absolute Gasteiger partial charge is 0.480 e. The third kappa shape index (κ3) is 3.53. The molecule has 3 fully saturated rings. The summed E-state index contributed by atoms with van der Waals surface area (Å²) in [4.78, 5) is 51.5. The molecule has 4 amide bonds. The summed E-state index contributed by atoms with van der Waals surface area (Å²) >= 11 is 0. The molecule has 2 saturated heterocycles. The van der Waals surface area contributed by atoms with Gasteiger partial charge in [0.15, 0.2) is 0 Å². The van der Waals surface area contributed by atoms with Gasteiger partial charge in [-0.15, -0.1) is 0 Å². The van der Waals surface area contributed by atoms with Crippen LogP contribution in [0.5, 0.6) is 0 Å². The van der Waals surface area contributed by atoms with Crippen molar-refractivity contribution in [2.24, 2.45) is 11.3 Å². The lowest BCUT2D eigenvalue weighted by Crippen LogP contribution is -2.51. The first-order valence-electron chi connectivity index (χ1n) is 9.71. The number of nitrogens with zero attached hydrogens (tertiary/aromatic N) is 2. The van der Waals surface area contributed by atoms with E-state index in [2.05, 4.69) is 26.1 Å². The van der Waals surface area contributed by atoms with Gasteiger partial charge < -0.3 is 15.3 Å². The summed E-state index contributed by atoms with van der Waals surface area (Å²) in [6, 6.07) is -1.41. The molecule has 1 atom stereocenters. The second-order valence-corrected chi connectivity index (χ2v) is 9.13. The first kappa shape index (κ1) is 19.6. The molecule has 1 aliphatic carbocycles. The number of amides is 4. The van der Waals surface area contributed by atoms with Crippen LogP contribution in [0.3, 0.4) is 0 Å². The van der Waals surface area contributed by atoms with E-state index in [-0.39, 0.29) is 17.9 Å². The third-order valence-electron chi connectivity index (χ3n) is 6.46. The number of carboxylic acids is 1. The lowest BCUT2D eigenvalue weighted by Gasteiger charge is -2.40. The number of imide groups is 1. The van der Waals surface area contributed by atoms with Gasteiger partial charge in [-0.25, -0.2) is 9.59 Å². The Morgan fingerprint density at radius 3 is 2.37 bits per heavy atom. The molecule has 0 radical (unpaired) electrons. The highest BCUT2D eigenvalue weighted by atomic mass is 16.4. The Hall–Kier alpha value is -2.12. The van der Waals surface area contributed by atoms with Crippen molar-refractivity contribution in [2.75, 3.05) is 13.1 Å². The van der Waals surface area contributed by atoms with Gasteiger partial charge in [0, 0.05) is 6.54 Å². The van der Waals surface area contributed by atoms with Crippen molar-refractivity contribution in [3.63, 3.8) is 0 Å². The van der Waals surface area contributed by atoms with Crippen LogP contribution in [0, 0.1) is 11.3 Å². The maximum Gasteiger partial charge on any atom is 0.326 e. The highest BCUT2D eigenvalue weighted by molar-refractivity contribution is 6.09. The van der Waals surface area contributed by atoms with Gasteiger partial charge in [-0.05, 0) is 49.9 Å². The van der Waals surface area contributed by atoms with E-state index in [1.54, 1.807) is 0 Å². The number of hydrogen-bond acceptors (Lipinski definition) is 4. The molecule has 2 aliphatic heterocycles. The highest BCUT2D eigenvalue weighted by Crippen LogP contribution is 2.43. The molecule has 2 heterocycles. The van der Waals surface area contributed by atoms with E-state index in [9.17, 15) is 24.3 Å². The lowest BCUT2D eigenvalue weighted by molar-refractivity contribution is -0.149. The van der Waals surface area contributed by atoms with Crippen LogP contribution in [0.25, 0.3) is 0 Å². The maximum absolute atomic E-state index is 13.0. The van der Waals surface area contributed by atoms with Gasteiger partial charge in [-0.3, -0.25) is 14.5 Å². The molecule has 3 rings (SSSR count). The van der Waals surface area contributed by atoms with E-state index in [0.717, 1.165) is 17.7 Å². The number of urea groups is 1. The zero-order valence-electron chi connectivity index (χ0n) is 16.3. The number of aliphatic carboxylic acids is 1. The fraction of sp³-hybridized carbons (Fsp3) is 0.789. The number of hydrogen-bond donors (Lipinski definition) is 2. The van der Waals surface area contributed by atoms with Crippen molar-refractivity contribution in [3.8, 4) is 0 Å². The molecule has 0 aromatic heterocycles. The average Bonchev–Trinajstić information content (AvgIpc) is 3.15. The summed E-state index contributed by atoms with van der Waals surface area (Å²) in [6.45, 7) is 6.51. The van der Waals surface area contributed by atoms with Crippen molar-refractivity contribution in [3.05, 3.63) is 0 Å². The van der Waals surface area contributed by atoms with Gasteiger partial charge >= 0.3 is 12.0 Å². The summed E-state index contributed by atoms with van der Waals surface area (Å²) in [5.74, 6) is -1.39. The lowest BCUT2D eigenvalue weighted by atomic mass is 9.67. The Labute approximate surface area is 159 Å². The molecular weight excluding hydrogens is 350 g/mol. The number of likely N-dealkylation sites (tertiary alicyclic amines) is 1. The molecule has 0 aromatic carbocycles. The zero-order chi connectivity index (χ0) is 20.0. The van der Waals surface area contributed by atoms with E-state index in [1.165, 1.54) is 4.90 Å². The summed E-state index contributed by atoms with van der Waals surface area (Å²) in [6.07, 6.45) is 3.87. The van der Waals surface area contributed by atoms with E-state index >= 15 is 0 Å². The Kier molecular flexibility index (Phi) is 4.94. The molecule has 0 aromatic rings. The predicted molar refractivity (Wildman–Crippen MR) is 96.8 cm³/mol. The van der Waals surface area contributed by atoms with Crippen LogP contribution in [0.2, 0.25) is 0 Å². The van der Waals surface area contributed by atoms with Gasteiger partial charge in [0.2, 0.25) is 5.91 Å². The molecule has 27 heavy (non-hydrogen) atoms. The molecule has 3 aliphatic rings. The summed E-state index contributed by atoms with van der Waals surface area (Å²) < 4.78 is 0. The standard InChI is InChI=1S/C19H29N3O5/c1-18(2,3)12-6-8-19(9-7-12)16(26)22(17(27)20-19)11-14(23)21-10-4-5-13(21)15(24)25/h12-13H,4-11H2,1-3H3,(H,20,27)(H,24,25)/t12?,13-,19?/m0/s1. The first-order chi connectivity index (χ1) is 12.5. The molecule has 150 valence electrons. The highest BCUT2D eigenvalue weighted by Gasteiger charge is 2.54. The van der Waals surface area contributed by atoms with Crippen LogP contribution in [0.1, 0.15) is 59.3 Å². The number of rotatable bonds is 3. The van der Waals surface area contributed by atoms with E-state index in [1.807, 2.05) is 0 Å². The smallest absolute Gasteiger partial charge is 0.326 e. The summed E-state index contributed by atoms with van der Waals surface area (Å²) in [5.41, 5.74) is -0.749. The van der Waals surface area contributed by atoms with Crippen molar-refractivity contribution in [1.29, 1.82) is 0 Å². The van der Waals surface area contributed by atoms with E-state index in [0.29, 0.717) is 38.1 Å². The molecule has 1 spiro atoms. The van der Waals surface area contributed by atoms with Gasteiger partial charge in [-0.2, -0.15) is 0 Å². The molecular formula is C19H29N3O5. The molecule has 2 N–H and O–H groups in total. The Balaban J connectivity index is 1.67. The number of carboxylic acid groups (broad SMARTS) is 1. The van der Waals surface area contributed by atoms with Crippen LogP contribution >= 0.6 is 0 Å². The first-order valence-corrected chi connectivity index (χ1v) is 9.71. The van der Waals surface area contributed by atoms with Crippen molar-refractivity contribution in [1.82, 2.24) is 15.1 Å². The Bertz CT molecular complexity index is 661. The number of nitrogens with one attached hydrogen (secondary N) is 1. The molecule has 0 bridgehead atoms. The Morgan fingerprint density at radius 2 is 1.81 bits per heavy atom. The van der Waals surface area contributed by atoms with Crippen molar-refractivity contribution in [2.45, 2.75) is 70.9 Å². The van der Waals surface area contributed by atoms with Gasteiger partial charge in [0.05, 0.1) is 0 Å². The van der Waals surface area contributed by atoms with Crippen LogP contribution in [-0.2, 0) is 14.4 Å². The predicted octanol–water partition coefficient (Wildman–Crippen LogP) is 1.59. The summed E-state index contributed by atoms with van der Waals surface area (Å²) in [5, 5.41) is 12.1. The minimum Gasteiger partial charge on any atom is -0.480 e. The normalized spacial score (nSPS) is 31.5. The average molecular weight is 379 g/mol. The Morgan fingerprint density at radius 1 is 1.19 bits per heavy atom. The zero-order valence-corrected chi connectivity index (χ0v) is 16.3. The number of carbonyl (C=O) groups excluding carboxylic acids is 3. The number of carbonyl (C=O) groups is 4. The van der Waals surface area contributed by atoms with Gasteiger partial charge in [-0.1, -0.05) is 20.8 Å². The SMILES string of the molecule is CC(C)(C)C1CCC2(CC1)NC(=O)N(CC(=O)N1CCC[C@H]1C(=O)O)C2=O. The van der Waals surface area contributed by atoms with Crippen LogP contribution in [0.4, 0.5) is 4.79 Å². The van der Waals surface area contributed by atoms with Gasteiger partial charge in [0.25, 0.3) is 5.91 Å². The monoisotopic (exact) mass is 379 g/mol. The summed E-state index contributed by atoms with van der Waals surface area (Å²) in [7, 11) is 0. The fourth-order valence-electron chi connectivity index (χ4n) is 4.68. The second kappa shape index (κ2) is 6.80. The van der Waals surface area contributed by atoms with E-state index in [4.69, 9.17) is 0 Å². The second-order valence-electron chi connectivity index (χ2n) is 9.13. The van der Waals surface area contributed by atoms with Crippen molar-refractivity contribution < 1.29 is 24.3 Å². The topological polar surface area (TPSA) is 107 Å². The molecule has 8 heteroatoms. The quantitative estimate of drug-likeness (QED) is 0.724. The minimum atomic E-state index is -1.05. The van der Waals surface area contributed by atoms with Crippen LogP contribution < -0.4 is 5.32 Å². The van der Waals surface area contributed by atoms with E-state index < -0.39 is 29.5 Å². The van der Waals surface area contributed by atoms with Crippen molar-refractivity contribution >= 4 is 23.8 Å². The maximum atomic E-state index is 13.0. The van der Waals surface area contributed by atoms with Gasteiger partial charge in [0.1, 0.15) is 18.1 Å². The minimum absolute atomic E-state index is 0.157.